The van der Waals surface area contributed by atoms with Gasteiger partial charge in [-0.25, -0.2) is 4.98 Å². The van der Waals surface area contributed by atoms with E-state index in [0.29, 0.717) is 12.1 Å². The number of carbonyl (C=O) groups is 1. The summed E-state index contributed by atoms with van der Waals surface area (Å²) in [7, 11) is 0. The average molecular weight is 374 g/mol. The summed E-state index contributed by atoms with van der Waals surface area (Å²) in [4.78, 5) is 16.6. The highest BCUT2D eigenvalue weighted by Crippen LogP contribution is 2.22. The van der Waals surface area contributed by atoms with Gasteiger partial charge in [-0.15, -0.1) is 11.3 Å². The third-order valence-electron chi connectivity index (χ3n) is 3.66. The minimum atomic E-state index is -2.88. The number of nitrogens with one attached hydrogen (secondary N) is 1. The summed E-state index contributed by atoms with van der Waals surface area (Å²) in [6.07, 6.45) is 0. The first-order chi connectivity index (χ1) is 12.5. The normalized spacial score (nSPS) is 10.8. The van der Waals surface area contributed by atoms with Crippen LogP contribution >= 0.6 is 11.3 Å². The zero-order valence-electron chi connectivity index (χ0n) is 13.9. The largest absolute Gasteiger partial charge is 0.435 e. The number of nitrogens with zero attached hydrogens (tertiary/aromatic N) is 1. The third-order valence-corrected chi connectivity index (χ3v) is 4.44. The fourth-order valence-electron chi connectivity index (χ4n) is 2.36. The van der Waals surface area contributed by atoms with Crippen LogP contribution in [0.1, 0.15) is 20.9 Å². The molecule has 4 nitrogen and oxygen atoms in total. The number of rotatable bonds is 6. The molecule has 7 heteroatoms. The Morgan fingerprint density at radius 3 is 2.42 bits per heavy atom. The van der Waals surface area contributed by atoms with Crippen molar-refractivity contribution >= 4 is 17.2 Å². The van der Waals surface area contributed by atoms with E-state index in [0.717, 1.165) is 21.8 Å². The Morgan fingerprint density at radius 2 is 1.85 bits per heavy atom. The van der Waals surface area contributed by atoms with Crippen molar-refractivity contribution in [2.45, 2.75) is 20.1 Å². The number of amides is 1. The summed E-state index contributed by atoms with van der Waals surface area (Å²) >= 11 is 1.60. The average Bonchev–Trinajstić information content (AvgIpc) is 3.07. The molecule has 2 aromatic carbocycles. The van der Waals surface area contributed by atoms with Crippen molar-refractivity contribution < 1.29 is 18.3 Å². The molecule has 0 radical (unpaired) electrons. The van der Waals surface area contributed by atoms with E-state index in [-0.39, 0.29) is 11.7 Å². The van der Waals surface area contributed by atoms with E-state index < -0.39 is 6.61 Å². The molecule has 26 heavy (non-hydrogen) atoms. The zero-order valence-corrected chi connectivity index (χ0v) is 14.7. The van der Waals surface area contributed by atoms with Crippen molar-refractivity contribution in [3.05, 3.63) is 70.0 Å². The molecule has 0 spiro atoms. The van der Waals surface area contributed by atoms with E-state index in [1.807, 2.05) is 36.6 Å². The second-order valence-electron chi connectivity index (χ2n) is 5.53. The Hall–Kier alpha value is -2.80. The van der Waals surface area contributed by atoms with E-state index >= 15 is 0 Å². The van der Waals surface area contributed by atoms with E-state index in [9.17, 15) is 13.6 Å². The van der Waals surface area contributed by atoms with Crippen LogP contribution < -0.4 is 10.1 Å². The number of aromatic nitrogens is 1. The van der Waals surface area contributed by atoms with Gasteiger partial charge >= 0.3 is 6.61 Å². The van der Waals surface area contributed by atoms with Crippen molar-refractivity contribution in [2.75, 3.05) is 0 Å². The Kier molecular flexibility index (Phi) is 5.58. The minimum Gasteiger partial charge on any atom is -0.435 e. The smallest absolute Gasteiger partial charge is 0.387 e. The fourth-order valence-corrected chi connectivity index (χ4v) is 2.98. The second-order valence-corrected chi connectivity index (χ2v) is 6.60. The highest BCUT2D eigenvalue weighted by Gasteiger charge is 2.08. The van der Waals surface area contributed by atoms with Crippen molar-refractivity contribution in [3.63, 3.8) is 0 Å². The Balaban J connectivity index is 1.57. The van der Waals surface area contributed by atoms with Gasteiger partial charge in [-0.05, 0) is 36.8 Å². The summed E-state index contributed by atoms with van der Waals surface area (Å²) in [5, 5.41) is 5.82. The molecule has 1 aromatic heterocycles. The van der Waals surface area contributed by atoms with Gasteiger partial charge in [-0.1, -0.05) is 24.3 Å². The maximum absolute atomic E-state index is 12.1. The first-order valence-electron chi connectivity index (χ1n) is 7.86. The van der Waals surface area contributed by atoms with Crippen molar-refractivity contribution in [3.8, 4) is 17.0 Å². The van der Waals surface area contributed by atoms with E-state index in [1.54, 1.807) is 11.3 Å². The lowest BCUT2D eigenvalue weighted by Gasteiger charge is -2.08. The molecular formula is C19H16F2N2O2S. The Bertz CT molecular complexity index is 877. The number of aryl methyl sites for hydroxylation is 1. The highest BCUT2D eigenvalue weighted by molar-refractivity contribution is 7.09. The maximum atomic E-state index is 12.1. The van der Waals surface area contributed by atoms with Gasteiger partial charge in [0.2, 0.25) is 0 Å². The lowest BCUT2D eigenvalue weighted by Crippen LogP contribution is -2.22. The van der Waals surface area contributed by atoms with Crippen LogP contribution in [0.3, 0.4) is 0 Å². The molecule has 1 amide bonds. The third kappa shape index (κ3) is 4.64. The number of thiazole rings is 1. The molecule has 0 saturated carbocycles. The molecule has 0 aliphatic carbocycles. The van der Waals surface area contributed by atoms with Crippen LogP contribution in [0.15, 0.2) is 53.9 Å². The van der Waals surface area contributed by atoms with Crippen LogP contribution in [0.2, 0.25) is 0 Å². The van der Waals surface area contributed by atoms with Crippen LogP contribution in [0.5, 0.6) is 5.75 Å². The molecule has 3 aromatic rings. The zero-order chi connectivity index (χ0) is 18.5. The van der Waals surface area contributed by atoms with Crippen molar-refractivity contribution in [2.24, 2.45) is 0 Å². The molecule has 0 saturated heterocycles. The summed E-state index contributed by atoms with van der Waals surface area (Å²) in [6, 6.07) is 13.4. The van der Waals surface area contributed by atoms with Crippen LogP contribution in [-0.4, -0.2) is 17.5 Å². The number of hydrogen-bond donors (Lipinski definition) is 1. The van der Waals surface area contributed by atoms with E-state index in [2.05, 4.69) is 15.0 Å². The molecule has 0 aliphatic heterocycles. The topological polar surface area (TPSA) is 51.2 Å². The van der Waals surface area contributed by atoms with Crippen LogP contribution in [0, 0.1) is 6.92 Å². The maximum Gasteiger partial charge on any atom is 0.387 e. The molecule has 1 N–H and O–H groups in total. The highest BCUT2D eigenvalue weighted by atomic mass is 32.1. The standard InChI is InChI=1S/C19H16F2N2O2S/c1-12-23-17(11-26-12)14-4-2-13(3-5-14)10-22-18(24)15-6-8-16(9-7-15)25-19(20)21/h2-9,11,19H,10H2,1H3,(H,22,24). The monoisotopic (exact) mass is 374 g/mol. The first kappa shape index (κ1) is 18.0. The van der Waals surface area contributed by atoms with Crippen LogP contribution in [0.4, 0.5) is 8.78 Å². The Morgan fingerprint density at radius 1 is 1.15 bits per heavy atom. The Labute approximate surface area is 153 Å². The van der Waals surface area contributed by atoms with Gasteiger partial charge in [-0.2, -0.15) is 8.78 Å². The first-order valence-corrected chi connectivity index (χ1v) is 8.74. The molecule has 1 heterocycles. The number of benzene rings is 2. The number of ether oxygens (including phenoxy) is 1. The van der Waals surface area contributed by atoms with E-state index in [1.165, 1.54) is 24.3 Å². The quantitative estimate of drug-likeness (QED) is 0.683. The van der Waals surface area contributed by atoms with Gasteiger partial charge in [0, 0.05) is 23.1 Å². The number of carbonyl (C=O) groups excluding carboxylic acids is 1. The lowest BCUT2D eigenvalue weighted by atomic mass is 10.1. The molecule has 0 aliphatic rings. The molecule has 0 unspecified atom stereocenters. The van der Waals surface area contributed by atoms with Gasteiger partial charge in [0.05, 0.1) is 10.7 Å². The molecule has 134 valence electrons. The van der Waals surface area contributed by atoms with E-state index in [4.69, 9.17) is 0 Å². The predicted octanol–water partition coefficient (Wildman–Crippen LogP) is 4.65. The molecule has 0 bridgehead atoms. The van der Waals surface area contributed by atoms with Crippen LogP contribution in [-0.2, 0) is 6.54 Å². The summed E-state index contributed by atoms with van der Waals surface area (Å²) in [6.45, 7) is -0.555. The number of alkyl halides is 2. The fraction of sp³-hybridized carbons (Fsp3) is 0.158. The SMILES string of the molecule is Cc1nc(-c2ccc(CNC(=O)c3ccc(OC(F)F)cc3)cc2)cs1. The minimum absolute atomic E-state index is 0.0180. The van der Waals surface area contributed by atoms with Crippen LogP contribution in [0.25, 0.3) is 11.3 Å². The van der Waals surface area contributed by atoms with Gasteiger partial charge in [0.15, 0.2) is 0 Å². The number of halogens is 2. The number of hydrogen-bond acceptors (Lipinski definition) is 4. The summed E-state index contributed by atoms with van der Waals surface area (Å²) < 4.78 is 28.5. The van der Waals surface area contributed by atoms with Gasteiger partial charge in [0.25, 0.3) is 5.91 Å². The van der Waals surface area contributed by atoms with Crippen molar-refractivity contribution in [1.29, 1.82) is 0 Å². The van der Waals surface area contributed by atoms with Gasteiger partial charge in [0.1, 0.15) is 5.75 Å². The second kappa shape index (κ2) is 8.05. The summed E-state index contributed by atoms with van der Waals surface area (Å²) in [5.41, 5.74) is 3.29. The van der Waals surface area contributed by atoms with Crippen molar-refractivity contribution in [1.82, 2.24) is 10.3 Å². The van der Waals surface area contributed by atoms with Gasteiger partial charge < -0.3 is 10.1 Å². The predicted molar refractivity (Wildman–Crippen MR) is 96.5 cm³/mol. The molecule has 3 rings (SSSR count). The molecular weight excluding hydrogens is 358 g/mol. The molecule has 0 atom stereocenters. The lowest BCUT2D eigenvalue weighted by molar-refractivity contribution is -0.0498. The van der Waals surface area contributed by atoms with Gasteiger partial charge in [-0.3, -0.25) is 4.79 Å². The summed E-state index contributed by atoms with van der Waals surface area (Å²) in [5.74, 6) is -0.266. The molecule has 0 fully saturated rings.